The SMILES string of the molecule is CC(C)(C)CNC(=O)COc1c(F)c(F)cc(F)c1F. The molecule has 0 aliphatic rings. The molecule has 0 aliphatic carbocycles. The first-order valence-corrected chi connectivity index (χ1v) is 5.84. The second kappa shape index (κ2) is 6.11. The Balaban J connectivity index is 2.69. The van der Waals surface area contributed by atoms with E-state index in [0.29, 0.717) is 6.54 Å². The van der Waals surface area contributed by atoms with Crippen LogP contribution in [0.2, 0.25) is 0 Å². The lowest BCUT2D eigenvalue weighted by atomic mass is 9.97. The summed E-state index contributed by atoms with van der Waals surface area (Å²) in [4.78, 5) is 11.4. The molecule has 0 saturated heterocycles. The molecule has 0 atom stereocenters. The Kier molecular flexibility index (Phi) is 4.97. The molecule has 20 heavy (non-hydrogen) atoms. The van der Waals surface area contributed by atoms with Gasteiger partial charge in [-0.2, -0.15) is 8.78 Å². The van der Waals surface area contributed by atoms with Crippen molar-refractivity contribution in [1.82, 2.24) is 5.32 Å². The first-order chi connectivity index (χ1) is 9.11. The molecule has 0 aromatic heterocycles. The number of halogens is 4. The maximum Gasteiger partial charge on any atom is 0.257 e. The average molecular weight is 293 g/mol. The van der Waals surface area contributed by atoms with Gasteiger partial charge in [-0.25, -0.2) is 8.78 Å². The highest BCUT2D eigenvalue weighted by atomic mass is 19.2. The number of hydrogen-bond acceptors (Lipinski definition) is 2. The molecular weight excluding hydrogens is 278 g/mol. The normalized spacial score (nSPS) is 11.3. The van der Waals surface area contributed by atoms with E-state index in [1.54, 1.807) is 0 Å². The van der Waals surface area contributed by atoms with Crippen molar-refractivity contribution in [3.05, 3.63) is 29.3 Å². The van der Waals surface area contributed by atoms with Gasteiger partial charge < -0.3 is 10.1 Å². The summed E-state index contributed by atoms with van der Waals surface area (Å²) in [5.74, 6) is -8.42. The number of rotatable bonds is 4. The van der Waals surface area contributed by atoms with Crippen molar-refractivity contribution in [2.45, 2.75) is 20.8 Å². The standard InChI is InChI=1S/C13H15F4NO2/c1-13(2,3)6-18-9(19)5-20-12-10(16)7(14)4-8(15)11(12)17/h4H,5-6H2,1-3H3,(H,18,19). The fourth-order valence-corrected chi connectivity index (χ4v) is 1.23. The van der Waals surface area contributed by atoms with E-state index in [2.05, 4.69) is 10.1 Å². The fraction of sp³-hybridized carbons (Fsp3) is 0.462. The quantitative estimate of drug-likeness (QED) is 0.685. The lowest BCUT2D eigenvalue weighted by Crippen LogP contribution is -2.35. The van der Waals surface area contributed by atoms with Crippen LogP contribution in [0.3, 0.4) is 0 Å². The molecule has 1 amide bonds. The number of ether oxygens (including phenoxy) is 1. The Bertz CT molecular complexity index is 486. The van der Waals surface area contributed by atoms with Gasteiger partial charge in [0.05, 0.1) is 0 Å². The summed E-state index contributed by atoms with van der Waals surface area (Å²) in [7, 11) is 0. The topological polar surface area (TPSA) is 38.3 Å². The minimum Gasteiger partial charge on any atom is -0.477 e. The fourth-order valence-electron chi connectivity index (χ4n) is 1.23. The van der Waals surface area contributed by atoms with Gasteiger partial charge in [0, 0.05) is 12.6 Å². The third-order valence-electron chi connectivity index (χ3n) is 2.24. The van der Waals surface area contributed by atoms with Crippen LogP contribution in [0.1, 0.15) is 20.8 Å². The van der Waals surface area contributed by atoms with Crippen LogP contribution in [0.4, 0.5) is 17.6 Å². The Morgan fingerprint density at radius 2 is 1.65 bits per heavy atom. The van der Waals surface area contributed by atoms with E-state index in [1.165, 1.54) is 0 Å². The first-order valence-electron chi connectivity index (χ1n) is 5.84. The predicted molar refractivity (Wildman–Crippen MR) is 64.2 cm³/mol. The molecule has 1 aromatic rings. The molecule has 0 saturated carbocycles. The van der Waals surface area contributed by atoms with Crippen LogP contribution in [-0.4, -0.2) is 19.1 Å². The Hall–Kier alpha value is -1.79. The molecular formula is C13H15F4NO2. The highest BCUT2D eigenvalue weighted by Gasteiger charge is 2.21. The summed E-state index contributed by atoms with van der Waals surface area (Å²) >= 11 is 0. The minimum atomic E-state index is -1.67. The van der Waals surface area contributed by atoms with E-state index in [-0.39, 0.29) is 11.5 Å². The molecule has 0 heterocycles. The van der Waals surface area contributed by atoms with Gasteiger partial charge in [-0.1, -0.05) is 20.8 Å². The maximum atomic E-state index is 13.2. The molecule has 0 spiro atoms. The van der Waals surface area contributed by atoms with E-state index in [0.717, 1.165) is 0 Å². The van der Waals surface area contributed by atoms with Crippen molar-refractivity contribution in [2.75, 3.05) is 13.2 Å². The summed E-state index contributed by atoms with van der Waals surface area (Å²) < 4.78 is 56.7. The molecule has 0 bridgehead atoms. The lowest BCUT2D eigenvalue weighted by Gasteiger charge is -2.18. The highest BCUT2D eigenvalue weighted by Crippen LogP contribution is 2.26. The third-order valence-corrected chi connectivity index (χ3v) is 2.24. The van der Waals surface area contributed by atoms with Gasteiger partial charge in [-0.3, -0.25) is 4.79 Å². The Morgan fingerprint density at radius 1 is 1.15 bits per heavy atom. The molecule has 0 fully saturated rings. The van der Waals surface area contributed by atoms with Gasteiger partial charge in [0.15, 0.2) is 24.0 Å². The molecule has 112 valence electrons. The molecule has 1 aromatic carbocycles. The summed E-state index contributed by atoms with van der Waals surface area (Å²) in [6.45, 7) is 5.19. The zero-order valence-corrected chi connectivity index (χ0v) is 11.3. The van der Waals surface area contributed by atoms with Gasteiger partial charge in [-0.05, 0) is 5.41 Å². The van der Waals surface area contributed by atoms with Crippen LogP contribution in [0, 0.1) is 28.7 Å². The van der Waals surface area contributed by atoms with Crippen molar-refractivity contribution in [1.29, 1.82) is 0 Å². The highest BCUT2D eigenvalue weighted by molar-refractivity contribution is 5.77. The van der Waals surface area contributed by atoms with Crippen LogP contribution < -0.4 is 10.1 Å². The van der Waals surface area contributed by atoms with Gasteiger partial charge >= 0.3 is 0 Å². The van der Waals surface area contributed by atoms with E-state index < -0.39 is 41.5 Å². The average Bonchev–Trinajstić information content (AvgIpc) is 2.33. The van der Waals surface area contributed by atoms with Crippen molar-refractivity contribution < 1.29 is 27.1 Å². The number of nitrogens with one attached hydrogen (secondary N) is 1. The lowest BCUT2D eigenvalue weighted by molar-refractivity contribution is -0.123. The number of carbonyl (C=O) groups excluding carboxylic acids is 1. The van der Waals surface area contributed by atoms with Crippen LogP contribution in [0.5, 0.6) is 5.75 Å². The minimum absolute atomic E-state index is 0.0667. The summed E-state index contributed by atoms with van der Waals surface area (Å²) in [6, 6.07) is 0.0667. The second-order valence-corrected chi connectivity index (χ2v) is 5.42. The van der Waals surface area contributed by atoms with Crippen LogP contribution >= 0.6 is 0 Å². The molecule has 0 aliphatic heterocycles. The number of hydrogen-bond donors (Lipinski definition) is 1. The van der Waals surface area contributed by atoms with Gasteiger partial charge in [0.1, 0.15) is 0 Å². The van der Waals surface area contributed by atoms with Crippen LogP contribution in [0.25, 0.3) is 0 Å². The predicted octanol–water partition coefficient (Wildman–Crippen LogP) is 2.78. The first kappa shape index (κ1) is 16.3. The van der Waals surface area contributed by atoms with Crippen LogP contribution in [-0.2, 0) is 4.79 Å². The van der Waals surface area contributed by atoms with Crippen molar-refractivity contribution in [3.8, 4) is 5.75 Å². The summed E-state index contributed by atoms with van der Waals surface area (Å²) in [6.07, 6.45) is 0. The van der Waals surface area contributed by atoms with E-state index in [4.69, 9.17) is 0 Å². The van der Waals surface area contributed by atoms with Gasteiger partial charge in [0.2, 0.25) is 11.6 Å². The van der Waals surface area contributed by atoms with Crippen molar-refractivity contribution in [2.24, 2.45) is 5.41 Å². The summed E-state index contributed by atoms with van der Waals surface area (Å²) in [5, 5.41) is 2.46. The molecule has 7 heteroatoms. The molecule has 1 rings (SSSR count). The smallest absolute Gasteiger partial charge is 0.257 e. The Morgan fingerprint density at radius 3 is 2.10 bits per heavy atom. The van der Waals surface area contributed by atoms with Gasteiger partial charge in [0.25, 0.3) is 5.91 Å². The molecule has 3 nitrogen and oxygen atoms in total. The van der Waals surface area contributed by atoms with Crippen molar-refractivity contribution >= 4 is 5.91 Å². The zero-order chi connectivity index (χ0) is 15.5. The number of carbonyl (C=O) groups is 1. The zero-order valence-electron chi connectivity index (χ0n) is 11.3. The maximum absolute atomic E-state index is 13.2. The van der Waals surface area contributed by atoms with E-state index in [9.17, 15) is 22.4 Å². The largest absolute Gasteiger partial charge is 0.477 e. The third kappa shape index (κ3) is 4.40. The molecule has 1 N–H and O–H groups in total. The number of amides is 1. The van der Waals surface area contributed by atoms with E-state index >= 15 is 0 Å². The second-order valence-electron chi connectivity index (χ2n) is 5.42. The molecule has 0 radical (unpaired) electrons. The van der Waals surface area contributed by atoms with Crippen LogP contribution in [0.15, 0.2) is 6.07 Å². The van der Waals surface area contributed by atoms with Gasteiger partial charge in [-0.15, -0.1) is 0 Å². The summed E-state index contributed by atoms with van der Waals surface area (Å²) in [5.41, 5.74) is -0.183. The molecule has 0 unspecified atom stereocenters. The Labute approximate surface area is 113 Å². The van der Waals surface area contributed by atoms with Crippen molar-refractivity contribution in [3.63, 3.8) is 0 Å². The monoisotopic (exact) mass is 293 g/mol. The number of benzene rings is 1. The van der Waals surface area contributed by atoms with E-state index in [1.807, 2.05) is 20.8 Å².